The van der Waals surface area contributed by atoms with Crippen LogP contribution in [-0.2, 0) is 13.6 Å². The van der Waals surface area contributed by atoms with E-state index in [9.17, 15) is 0 Å². The highest BCUT2D eigenvalue weighted by molar-refractivity contribution is 5.79. The van der Waals surface area contributed by atoms with Crippen LogP contribution in [0, 0.1) is 0 Å². The summed E-state index contributed by atoms with van der Waals surface area (Å²) in [5.74, 6) is 0. The van der Waals surface area contributed by atoms with Gasteiger partial charge in [0.1, 0.15) is 11.2 Å². The van der Waals surface area contributed by atoms with Gasteiger partial charge in [0.25, 0.3) is 0 Å². The molecular weight excluding hydrogens is 388 g/mol. The van der Waals surface area contributed by atoms with Crippen molar-refractivity contribution in [3.8, 4) is 11.1 Å². The van der Waals surface area contributed by atoms with Gasteiger partial charge >= 0.3 is 0 Å². The summed E-state index contributed by atoms with van der Waals surface area (Å²) >= 11 is 0. The van der Waals surface area contributed by atoms with E-state index in [1.54, 1.807) is 0 Å². The molecule has 0 spiro atoms. The average molecular weight is 410 g/mol. The molecular formula is C23H22N8. The average Bonchev–Trinajstić information content (AvgIpc) is 3.53. The topological polar surface area (TPSA) is 77.9 Å². The standard InChI is InChI=1S/C23H22N8/c1-29-13-19(10-27-29)17-2-3-23-26-11-20(30(23)14-17)15-31-22-8-18(9-25-21(22)12-28-31)16-4-6-24-7-5-16/h2-4,8-14,24H,5-7,15H2,1H3. The van der Waals surface area contributed by atoms with Crippen molar-refractivity contribution >= 4 is 22.3 Å². The summed E-state index contributed by atoms with van der Waals surface area (Å²) in [6, 6.07) is 6.32. The van der Waals surface area contributed by atoms with Crippen molar-refractivity contribution in [2.75, 3.05) is 13.1 Å². The maximum Gasteiger partial charge on any atom is 0.136 e. The van der Waals surface area contributed by atoms with E-state index in [1.165, 1.54) is 11.1 Å². The van der Waals surface area contributed by atoms with E-state index in [0.29, 0.717) is 6.54 Å². The van der Waals surface area contributed by atoms with Crippen molar-refractivity contribution < 1.29 is 0 Å². The van der Waals surface area contributed by atoms with Crippen LogP contribution in [0.1, 0.15) is 17.7 Å². The van der Waals surface area contributed by atoms with Crippen LogP contribution >= 0.6 is 0 Å². The molecule has 0 amide bonds. The lowest BCUT2D eigenvalue weighted by molar-refractivity contribution is 0.691. The van der Waals surface area contributed by atoms with Crippen LogP contribution in [0.15, 0.2) is 61.5 Å². The zero-order valence-corrected chi connectivity index (χ0v) is 17.2. The molecule has 31 heavy (non-hydrogen) atoms. The third-order valence-electron chi connectivity index (χ3n) is 5.86. The van der Waals surface area contributed by atoms with Crippen molar-refractivity contribution in [1.29, 1.82) is 0 Å². The minimum atomic E-state index is 0.618. The number of hydrogen-bond acceptors (Lipinski definition) is 5. The van der Waals surface area contributed by atoms with Crippen LogP contribution in [0.5, 0.6) is 0 Å². The quantitative estimate of drug-likeness (QED) is 0.493. The second-order valence-corrected chi connectivity index (χ2v) is 7.91. The third kappa shape index (κ3) is 3.21. The van der Waals surface area contributed by atoms with Gasteiger partial charge in [-0.05, 0) is 42.3 Å². The molecule has 5 aromatic rings. The molecule has 0 radical (unpaired) electrons. The number of aryl methyl sites for hydroxylation is 1. The number of rotatable bonds is 4. The van der Waals surface area contributed by atoms with Crippen LogP contribution in [0.3, 0.4) is 0 Å². The summed E-state index contributed by atoms with van der Waals surface area (Å²) in [5, 5.41) is 12.3. The van der Waals surface area contributed by atoms with E-state index in [-0.39, 0.29) is 0 Å². The van der Waals surface area contributed by atoms with Crippen LogP contribution in [0.25, 0.3) is 33.4 Å². The van der Waals surface area contributed by atoms with Gasteiger partial charge in [-0.3, -0.25) is 14.3 Å². The summed E-state index contributed by atoms with van der Waals surface area (Å²) < 4.78 is 5.95. The lowest BCUT2D eigenvalue weighted by Crippen LogP contribution is -2.20. The Morgan fingerprint density at radius 2 is 1.94 bits per heavy atom. The van der Waals surface area contributed by atoms with Gasteiger partial charge in [-0.15, -0.1) is 0 Å². The molecule has 1 N–H and O–H groups in total. The van der Waals surface area contributed by atoms with E-state index in [4.69, 9.17) is 0 Å². The molecule has 6 rings (SSSR count). The molecule has 1 aliphatic heterocycles. The van der Waals surface area contributed by atoms with E-state index in [2.05, 4.69) is 54.3 Å². The van der Waals surface area contributed by atoms with Gasteiger partial charge in [-0.2, -0.15) is 10.2 Å². The first kappa shape index (κ1) is 18.0. The highest BCUT2D eigenvalue weighted by atomic mass is 15.3. The first-order valence-corrected chi connectivity index (χ1v) is 10.4. The fraction of sp³-hybridized carbons (Fsp3) is 0.217. The van der Waals surface area contributed by atoms with Gasteiger partial charge in [0.2, 0.25) is 0 Å². The number of nitrogens with zero attached hydrogens (tertiary/aromatic N) is 7. The van der Waals surface area contributed by atoms with Gasteiger partial charge in [0.15, 0.2) is 0 Å². The molecule has 8 heteroatoms. The molecule has 0 saturated heterocycles. The first-order valence-electron chi connectivity index (χ1n) is 10.4. The smallest absolute Gasteiger partial charge is 0.136 e. The summed E-state index contributed by atoms with van der Waals surface area (Å²) in [5.41, 5.74) is 8.63. The Kier molecular flexibility index (Phi) is 4.17. The van der Waals surface area contributed by atoms with Gasteiger partial charge < -0.3 is 9.72 Å². The number of aromatic nitrogens is 7. The van der Waals surface area contributed by atoms with E-state index < -0.39 is 0 Å². The molecule has 0 fully saturated rings. The van der Waals surface area contributed by atoms with Gasteiger partial charge in [0.05, 0.1) is 36.3 Å². The maximum absolute atomic E-state index is 4.65. The highest BCUT2D eigenvalue weighted by Gasteiger charge is 2.13. The second kappa shape index (κ2) is 7.17. The monoisotopic (exact) mass is 410 g/mol. The molecule has 6 heterocycles. The molecule has 8 nitrogen and oxygen atoms in total. The third-order valence-corrected chi connectivity index (χ3v) is 5.86. The largest absolute Gasteiger partial charge is 0.313 e. The van der Waals surface area contributed by atoms with E-state index >= 15 is 0 Å². The van der Waals surface area contributed by atoms with Crippen molar-refractivity contribution in [2.45, 2.75) is 13.0 Å². The zero-order valence-electron chi connectivity index (χ0n) is 17.2. The summed E-state index contributed by atoms with van der Waals surface area (Å²) in [6.45, 7) is 2.53. The van der Waals surface area contributed by atoms with Crippen LogP contribution in [-0.4, -0.2) is 47.0 Å². The lowest BCUT2D eigenvalue weighted by Gasteiger charge is -2.14. The van der Waals surface area contributed by atoms with Crippen LogP contribution < -0.4 is 5.32 Å². The fourth-order valence-electron chi connectivity index (χ4n) is 4.19. The molecule has 5 aromatic heterocycles. The van der Waals surface area contributed by atoms with Crippen molar-refractivity contribution in [3.63, 3.8) is 0 Å². The van der Waals surface area contributed by atoms with Gasteiger partial charge in [-0.25, -0.2) is 4.98 Å². The summed E-state index contributed by atoms with van der Waals surface area (Å²) in [7, 11) is 1.93. The SMILES string of the molecule is Cn1cc(-c2ccc3ncc(Cn4ncc5ncc(C6=CCNCC6)cc54)n3c2)cn1. The van der Waals surface area contributed by atoms with Crippen molar-refractivity contribution in [1.82, 2.24) is 39.2 Å². The minimum Gasteiger partial charge on any atom is -0.313 e. The number of nitrogens with one attached hydrogen (secondary N) is 1. The molecule has 1 aliphatic rings. The van der Waals surface area contributed by atoms with E-state index in [0.717, 1.165) is 53.0 Å². The number of imidazole rings is 1. The Hall–Kier alpha value is -3.78. The Bertz CT molecular complexity index is 1430. The predicted octanol–water partition coefficient (Wildman–Crippen LogP) is 2.90. The second-order valence-electron chi connectivity index (χ2n) is 7.91. The van der Waals surface area contributed by atoms with Crippen LogP contribution in [0.4, 0.5) is 0 Å². The van der Waals surface area contributed by atoms with Gasteiger partial charge in [-0.1, -0.05) is 6.08 Å². The molecule has 0 aromatic carbocycles. The molecule has 0 unspecified atom stereocenters. The highest BCUT2D eigenvalue weighted by Crippen LogP contribution is 2.24. The Morgan fingerprint density at radius 3 is 2.77 bits per heavy atom. The Morgan fingerprint density at radius 1 is 0.968 bits per heavy atom. The van der Waals surface area contributed by atoms with Gasteiger partial charge in [0, 0.05) is 43.3 Å². The zero-order chi connectivity index (χ0) is 20.8. The lowest BCUT2D eigenvalue weighted by atomic mass is 10.0. The normalized spacial score (nSPS) is 14.4. The van der Waals surface area contributed by atoms with Crippen molar-refractivity contribution in [2.24, 2.45) is 7.05 Å². The molecule has 0 saturated carbocycles. The van der Waals surface area contributed by atoms with Crippen molar-refractivity contribution in [3.05, 3.63) is 72.7 Å². The number of pyridine rings is 2. The number of fused-ring (bicyclic) bond motifs is 2. The molecule has 0 bridgehead atoms. The molecule has 0 aliphatic carbocycles. The number of hydrogen-bond donors (Lipinski definition) is 1. The molecule has 0 atom stereocenters. The summed E-state index contributed by atoms with van der Waals surface area (Å²) in [4.78, 5) is 9.23. The maximum atomic E-state index is 4.65. The predicted molar refractivity (Wildman–Crippen MR) is 119 cm³/mol. The first-order chi connectivity index (χ1) is 15.2. The molecule has 154 valence electrons. The fourth-order valence-corrected chi connectivity index (χ4v) is 4.19. The summed E-state index contributed by atoms with van der Waals surface area (Å²) in [6.07, 6.45) is 15.0. The Labute approximate surface area is 178 Å². The van der Waals surface area contributed by atoms with E-state index in [1.807, 2.05) is 53.5 Å². The Balaban J connectivity index is 1.38. The minimum absolute atomic E-state index is 0.618. The van der Waals surface area contributed by atoms with Crippen LogP contribution in [0.2, 0.25) is 0 Å².